The van der Waals surface area contributed by atoms with Gasteiger partial charge in [0.2, 0.25) is 0 Å². The van der Waals surface area contributed by atoms with Gasteiger partial charge in [0.15, 0.2) is 5.11 Å². The molecular weight excluding hydrogens is 471 g/mol. The summed E-state index contributed by atoms with van der Waals surface area (Å²) >= 11 is 5.31. The van der Waals surface area contributed by atoms with Crippen molar-refractivity contribution in [2.45, 2.75) is 33.4 Å². The highest BCUT2D eigenvalue weighted by Crippen LogP contribution is 2.29. The standard InChI is InChI=1S/C26H26F3N5S/c1-4-23(20-10-12-21(13-11-20)26(27,28)29)33-32-22-14-8-19(9-15-22)16-30-34-25(35)31-24-17(2)6-5-7-18(24)3/h5-16,32H,4H2,1-3H3,(H2,31,34,35)/b30-16+,33-23+. The van der Waals surface area contributed by atoms with Crippen LogP contribution in [-0.2, 0) is 6.18 Å². The van der Waals surface area contributed by atoms with Gasteiger partial charge >= 0.3 is 6.18 Å². The van der Waals surface area contributed by atoms with Crippen molar-refractivity contribution in [2.75, 3.05) is 10.7 Å². The molecule has 5 nitrogen and oxygen atoms in total. The molecule has 3 N–H and O–H groups in total. The van der Waals surface area contributed by atoms with Gasteiger partial charge in [-0.25, -0.2) is 0 Å². The maximum atomic E-state index is 12.8. The van der Waals surface area contributed by atoms with Crippen molar-refractivity contribution in [1.82, 2.24) is 5.43 Å². The number of anilines is 2. The van der Waals surface area contributed by atoms with Crippen LogP contribution in [0.25, 0.3) is 0 Å². The second kappa shape index (κ2) is 11.6. The van der Waals surface area contributed by atoms with Crippen molar-refractivity contribution in [3.8, 4) is 0 Å². The molecule has 3 aromatic carbocycles. The molecule has 0 saturated heterocycles. The van der Waals surface area contributed by atoms with Crippen LogP contribution in [0.2, 0.25) is 0 Å². The number of nitrogens with zero attached hydrogens (tertiary/aromatic N) is 2. The summed E-state index contributed by atoms with van der Waals surface area (Å²) in [5.74, 6) is 0. The van der Waals surface area contributed by atoms with Crippen molar-refractivity contribution < 1.29 is 13.2 Å². The van der Waals surface area contributed by atoms with Gasteiger partial charge in [-0.15, -0.1) is 0 Å². The summed E-state index contributed by atoms with van der Waals surface area (Å²) in [5, 5.41) is 12.1. The largest absolute Gasteiger partial charge is 0.416 e. The van der Waals surface area contributed by atoms with E-state index in [1.165, 1.54) is 12.1 Å². The van der Waals surface area contributed by atoms with Gasteiger partial charge in [0.05, 0.1) is 23.2 Å². The first-order chi connectivity index (χ1) is 16.7. The molecule has 0 aromatic heterocycles. The summed E-state index contributed by atoms with van der Waals surface area (Å²) in [7, 11) is 0. The quantitative estimate of drug-likeness (QED) is 0.189. The molecular formula is C26H26F3N5S. The fourth-order valence-corrected chi connectivity index (χ4v) is 3.45. The summed E-state index contributed by atoms with van der Waals surface area (Å²) in [4.78, 5) is 0. The Kier molecular flexibility index (Phi) is 8.59. The Balaban J connectivity index is 1.56. The second-order valence-electron chi connectivity index (χ2n) is 7.81. The molecule has 0 radical (unpaired) electrons. The van der Waals surface area contributed by atoms with E-state index in [-0.39, 0.29) is 0 Å². The van der Waals surface area contributed by atoms with Crippen molar-refractivity contribution in [3.05, 3.63) is 94.5 Å². The average molecular weight is 498 g/mol. The van der Waals surface area contributed by atoms with Crippen molar-refractivity contribution >= 4 is 40.6 Å². The molecule has 0 heterocycles. The lowest BCUT2D eigenvalue weighted by molar-refractivity contribution is -0.137. The molecule has 3 rings (SSSR count). The predicted octanol–water partition coefficient (Wildman–Crippen LogP) is 6.87. The smallest absolute Gasteiger partial charge is 0.331 e. The van der Waals surface area contributed by atoms with Crippen molar-refractivity contribution in [3.63, 3.8) is 0 Å². The number of hydrogen-bond acceptors (Lipinski definition) is 4. The van der Waals surface area contributed by atoms with Gasteiger partial charge in [-0.05, 0) is 79.0 Å². The molecule has 35 heavy (non-hydrogen) atoms. The molecule has 0 saturated carbocycles. The third-order valence-electron chi connectivity index (χ3n) is 5.21. The molecule has 0 fully saturated rings. The highest BCUT2D eigenvalue weighted by atomic mass is 32.1. The Labute approximate surface area is 208 Å². The Morgan fingerprint density at radius 1 is 0.943 bits per heavy atom. The van der Waals surface area contributed by atoms with E-state index in [9.17, 15) is 13.2 Å². The van der Waals surface area contributed by atoms with E-state index in [1.807, 2.05) is 63.2 Å². The third-order valence-corrected chi connectivity index (χ3v) is 5.40. The molecule has 0 bridgehead atoms. The van der Waals surface area contributed by atoms with Crippen LogP contribution in [0.1, 0.15) is 41.2 Å². The molecule has 0 atom stereocenters. The van der Waals surface area contributed by atoms with Crippen molar-refractivity contribution in [2.24, 2.45) is 10.2 Å². The number of para-hydroxylation sites is 1. The number of alkyl halides is 3. The Bertz CT molecular complexity index is 1200. The summed E-state index contributed by atoms with van der Waals surface area (Å²) in [5.41, 5.74) is 11.1. The molecule has 182 valence electrons. The number of rotatable bonds is 7. The van der Waals surface area contributed by atoms with Crippen LogP contribution >= 0.6 is 12.2 Å². The van der Waals surface area contributed by atoms with E-state index >= 15 is 0 Å². The summed E-state index contributed by atoms with van der Waals surface area (Å²) < 4.78 is 38.3. The van der Waals surface area contributed by atoms with E-state index in [1.54, 1.807) is 6.21 Å². The number of hydrogen-bond donors (Lipinski definition) is 3. The molecule has 3 aromatic rings. The summed E-state index contributed by atoms with van der Waals surface area (Å²) in [6.45, 7) is 5.91. The summed E-state index contributed by atoms with van der Waals surface area (Å²) in [6.07, 6.45) is -2.15. The van der Waals surface area contributed by atoms with Crippen LogP contribution in [-0.4, -0.2) is 17.0 Å². The maximum absolute atomic E-state index is 12.8. The van der Waals surface area contributed by atoms with Crippen LogP contribution in [0.5, 0.6) is 0 Å². The van der Waals surface area contributed by atoms with Gasteiger partial charge < -0.3 is 5.32 Å². The fourth-order valence-electron chi connectivity index (χ4n) is 3.29. The van der Waals surface area contributed by atoms with Crippen LogP contribution < -0.4 is 16.2 Å². The second-order valence-corrected chi connectivity index (χ2v) is 8.22. The zero-order chi connectivity index (χ0) is 25.4. The molecule has 9 heteroatoms. The van der Waals surface area contributed by atoms with Crippen LogP contribution in [0.3, 0.4) is 0 Å². The number of thiocarbonyl (C=S) groups is 1. The van der Waals surface area contributed by atoms with Gasteiger partial charge in [-0.1, -0.05) is 49.4 Å². The van der Waals surface area contributed by atoms with Gasteiger partial charge in [0.1, 0.15) is 0 Å². The predicted molar refractivity (Wildman–Crippen MR) is 141 cm³/mol. The van der Waals surface area contributed by atoms with Crippen LogP contribution in [0, 0.1) is 13.8 Å². The average Bonchev–Trinajstić information content (AvgIpc) is 2.82. The topological polar surface area (TPSA) is 60.8 Å². The van der Waals surface area contributed by atoms with Gasteiger partial charge in [-0.2, -0.15) is 23.4 Å². The lowest BCUT2D eigenvalue weighted by atomic mass is 10.1. The highest BCUT2D eigenvalue weighted by molar-refractivity contribution is 7.80. The zero-order valence-electron chi connectivity index (χ0n) is 19.6. The summed E-state index contributed by atoms with van der Waals surface area (Å²) in [6, 6.07) is 18.4. The van der Waals surface area contributed by atoms with Crippen LogP contribution in [0.15, 0.2) is 76.9 Å². The van der Waals surface area contributed by atoms with Crippen molar-refractivity contribution in [1.29, 1.82) is 0 Å². The molecule has 0 aliphatic carbocycles. The molecule has 0 spiro atoms. The highest BCUT2D eigenvalue weighted by Gasteiger charge is 2.30. The monoisotopic (exact) mass is 497 g/mol. The Morgan fingerprint density at radius 3 is 2.14 bits per heavy atom. The number of aryl methyl sites for hydroxylation is 2. The maximum Gasteiger partial charge on any atom is 0.416 e. The normalized spacial score (nSPS) is 12.0. The zero-order valence-corrected chi connectivity index (χ0v) is 20.4. The van der Waals surface area contributed by atoms with E-state index in [2.05, 4.69) is 26.4 Å². The lowest BCUT2D eigenvalue weighted by Crippen LogP contribution is -2.24. The number of nitrogens with one attached hydrogen (secondary N) is 3. The third kappa shape index (κ3) is 7.38. The molecule has 0 aliphatic rings. The van der Waals surface area contributed by atoms with Crippen LogP contribution in [0.4, 0.5) is 24.5 Å². The first-order valence-electron chi connectivity index (χ1n) is 10.9. The van der Waals surface area contributed by atoms with E-state index in [0.29, 0.717) is 22.8 Å². The number of hydrazone groups is 2. The van der Waals surface area contributed by atoms with Gasteiger partial charge in [0.25, 0.3) is 0 Å². The van der Waals surface area contributed by atoms with E-state index in [0.717, 1.165) is 40.2 Å². The first kappa shape index (κ1) is 25.9. The Hall–Kier alpha value is -3.72. The van der Waals surface area contributed by atoms with Gasteiger partial charge in [-0.3, -0.25) is 10.9 Å². The van der Waals surface area contributed by atoms with E-state index < -0.39 is 11.7 Å². The lowest BCUT2D eigenvalue weighted by Gasteiger charge is -2.12. The number of halogens is 3. The SMILES string of the molecule is CC/C(=N\Nc1ccc(/C=N/NC(=S)Nc2c(C)cccc2C)cc1)c1ccc(C(F)(F)F)cc1. The molecule has 0 amide bonds. The van der Waals surface area contributed by atoms with Gasteiger partial charge in [0, 0.05) is 5.69 Å². The fraction of sp³-hybridized carbons (Fsp3) is 0.192. The number of benzene rings is 3. The minimum Gasteiger partial charge on any atom is -0.331 e. The van der Waals surface area contributed by atoms with E-state index in [4.69, 9.17) is 12.2 Å². The Morgan fingerprint density at radius 2 is 1.57 bits per heavy atom. The molecule has 0 unspecified atom stereocenters. The molecule has 0 aliphatic heterocycles. The minimum absolute atomic E-state index is 0.390. The minimum atomic E-state index is -4.36. The first-order valence-corrected chi connectivity index (χ1v) is 11.3.